The van der Waals surface area contributed by atoms with Gasteiger partial charge in [-0.15, -0.1) is 5.73 Å². The molecule has 6 aromatic rings. The largest absolute Gasteiger partial charge is 0.334 e. The van der Waals surface area contributed by atoms with Crippen molar-refractivity contribution in [3.63, 3.8) is 0 Å². The first-order valence-electron chi connectivity index (χ1n) is 25.9. The number of hydrogen-bond acceptors (Lipinski definition) is 1. The van der Waals surface area contributed by atoms with Gasteiger partial charge >= 0.3 is 0 Å². The topological polar surface area (TPSA) is 3.24 Å². The molecule has 12 rings (SSSR count). The van der Waals surface area contributed by atoms with Crippen molar-refractivity contribution in [3.05, 3.63) is 249 Å². The summed E-state index contributed by atoms with van der Waals surface area (Å²) in [7, 11) is 0. The molecule has 0 radical (unpaired) electrons. The molecule has 0 saturated carbocycles. The van der Waals surface area contributed by atoms with Crippen LogP contribution in [0.1, 0.15) is 133 Å². The minimum Gasteiger partial charge on any atom is -0.334 e. The van der Waals surface area contributed by atoms with Gasteiger partial charge in [-0.3, -0.25) is 0 Å². The average Bonchev–Trinajstić information content (AvgIpc) is 3.88. The number of nitrogens with zero attached hydrogens (tertiary/aromatic N) is 1. The maximum atomic E-state index is 3.67. The average molecular weight is 910 g/mol. The van der Waals surface area contributed by atoms with Crippen LogP contribution in [0.3, 0.4) is 0 Å². The van der Waals surface area contributed by atoms with Gasteiger partial charge < -0.3 is 4.90 Å². The molecule has 0 heterocycles. The summed E-state index contributed by atoms with van der Waals surface area (Å²) in [6.07, 6.45) is 15.3. The van der Waals surface area contributed by atoms with E-state index in [9.17, 15) is 0 Å². The van der Waals surface area contributed by atoms with Crippen molar-refractivity contribution in [1.29, 1.82) is 0 Å². The lowest BCUT2D eigenvalue weighted by Gasteiger charge is -2.46. The van der Waals surface area contributed by atoms with E-state index in [1.807, 2.05) is 0 Å². The van der Waals surface area contributed by atoms with Gasteiger partial charge in [-0.2, -0.15) is 0 Å². The van der Waals surface area contributed by atoms with E-state index in [1.54, 1.807) is 5.57 Å². The molecule has 0 N–H and O–H groups in total. The minimum atomic E-state index is -0.433. The fourth-order valence-corrected chi connectivity index (χ4v) is 13.7. The lowest BCUT2D eigenvalue weighted by atomic mass is 9.57. The van der Waals surface area contributed by atoms with E-state index in [0.29, 0.717) is 5.92 Å². The number of allylic oxidation sites excluding steroid dienone is 9. The standard InChI is InChI=1S/C69H67N/c1-65(2,3)48-40-57-56-39-45(32-37-60(56)69(46-23-13-11-14-24-46,47-25-15-12-16-26-47)64(57)63(41-48)66(4,5)6)44-22-21-27-49(38-44)70(50-33-35-54-52-28-17-19-30-58(52)67(7,8)61(54)42-50)51-34-36-55-53-29-18-20-31-59(53)68(9,10)62(55)43-51/h11-19,21-28,30-32,34-40,42-43,50,63H,20,33,41H2,1-10H3. The minimum absolute atomic E-state index is 0.0268. The first-order chi connectivity index (χ1) is 33.5. The molecule has 2 unspecified atom stereocenters. The fraction of sp³-hybridized carbons (Fsp3) is 0.290. The van der Waals surface area contributed by atoms with Crippen LogP contribution in [0.15, 0.2) is 204 Å². The van der Waals surface area contributed by atoms with Crippen molar-refractivity contribution in [2.24, 2.45) is 16.7 Å². The summed E-state index contributed by atoms with van der Waals surface area (Å²) in [5.41, 5.74) is 29.0. The van der Waals surface area contributed by atoms with E-state index in [-0.39, 0.29) is 27.7 Å². The highest BCUT2D eigenvalue weighted by Crippen LogP contribution is 2.64. The zero-order valence-corrected chi connectivity index (χ0v) is 43.0. The number of anilines is 2. The van der Waals surface area contributed by atoms with Crippen LogP contribution in [0, 0.1) is 16.7 Å². The molecular weight excluding hydrogens is 843 g/mol. The van der Waals surface area contributed by atoms with Crippen LogP contribution < -0.4 is 4.90 Å². The van der Waals surface area contributed by atoms with Gasteiger partial charge in [0.1, 0.15) is 0 Å². The molecule has 6 aliphatic rings. The second-order valence-corrected chi connectivity index (χ2v) is 24.1. The second-order valence-electron chi connectivity index (χ2n) is 24.1. The first kappa shape index (κ1) is 44.5. The molecule has 0 saturated heterocycles. The van der Waals surface area contributed by atoms with Gasteiger partial charge in [0.2, 0.25) is 0 Å². The Hall–Kier alpha value is -6.66. The molecular formula is C69H67N. The number of fused-ring (bicyclic) bond motifs is 8. The zero-order valence-electron chi connectivity index (χ0n) is 43.0. The molecule has 1 heteroatoms. The van der Waals surface area contributed by atoms with Crippen LogP contribution in [0.25, 0.3) is 27.8 Å². The second kappa shape index (κ2) is 15.7. The third-order valence-electron chi connectivity index (χ3n) is 17.3. The van der Waals surface area contributed by atoms with Crippen LogP contribution in [-0.2, 0) is 16.2 Å². The van der Waals surface area contributed by atoms with Gasteiger partial charge in [0.25, 0.3) is 0 Å². The van der Waals surface area contributed by atoms with Crippen molar-refractivity contribution in [3.8, 4) is 11.1 Å². The van der Waals surface area contributed by atoms with E-state index in [0.717, 1.165) is 19.3 Å². The number of rotatable bonds is 6. The number of benzene rings is 6. The summed E-state index contributed by atoms with van der Waals surface area (Å²) in [6, 6.07) is 56.2. The maximum Gasteiger partial charge on any atom is 0.0679 e. The van der Waals surface area contributed by atoms with Gasteiger partial charge in [0, 0.05) is 27.8 Å². The maximum absolute atomic E-state index is 3.67. The molecule has 0 amide bonds. The summed E-state index contributed by atoms with van der Waals surface area (Å²) in [5, 5.41) is 0. The molecule has 0 aliphatic heterocycles. The third-order valence-corrected chi connectivity index (χ3v) is 17.3. The molecule has 70 heavy (non-hydrogen) atoms. The van der Waals surface area contributed by atoms with Crippen molar-refractivity contribution in [1.82, 2.24) is 0 Å². The molecule has 1 nitrogen and oxygen atoms in total. The summed E-state index contributed by atoms with van der Waals surface area (Å²) < 4.78 is 0. The smallest absolute Gasteiger partial charge is 0.0679 e. The van der Waals surface area contributed by atoms with Gasteiger partial charge in [0.15, 0.2) is 0 Å². The Morgan fingerprint density at radius 3 is 1.96 bits per heavy atom. The predicted octanol–water partition coefficient (Wildman–Crippen LogP) is 17.9. The SMILES string of the molecule is CC(C)(C)C1=CC2=C(C(C(C)(C)C)C1)C(c1ccccc1)(c1ccccc1)c1ccc(-c3cccc(N(c4ccc5c(c4)C(C)(C)C4=CCC=C=C45)C4C=C5C(=CC4)c4ccccc4C5(C)C)c3)cc12. The predicted molar refractivity (Wildman–Crippen MR) is 296 cm³/mol. The van der Waals surface area contributed by atoms with Crippen LogP contribution in [-0.4, -0.2) is 6.04 Å². The molecule has 2 atom stereocenters. The van der Waals surface area contributed by atoms with E-state index >= 15 is 0 Å². The van der Waals surface area contributed by atoms with Gasteiger partial charge in [-0.05, 0) is 156 Å². The molecule has 0 spiro atoms. The highest BCUT2D eigenvalue weighted by molar-refractivity contribution is 5.95. The van der Waals surface area contributed by atoms with Crippen LogP contribution in [0.2, 0.25) is 0 Å². The summed E-state index contributed by atoms with van der Waals surface area (Å²) >= 11 is 0. The van der Waals surface area contributed by atoms with E-state index < -0.39 is 5.41 Å². The van der Waals surface area contributed by atoms with E-state index in [4.69, 9.17) is 0 Å². The molecule has 348 valence electrons. The Morgan fingerprint density at radius 1 is 0.571 bits per heavy atom. The number of hydrogen-bond donors (Lipinski definition) is 0. The Morgan fingerprint density at radius 2 is 1.24 bits per heavy atom. The van der Waals surface area contributed by atoms with Crippen molar-refractivity contribution in [2.45, 2.75) is 111 Å². The summed E-state index contributed by atoms with van der Waals surface area (Å²) in [4.78, 5) is 2.65. The Bertz CT molecular complexity index is 3350. The Kier molecular flexibility index (Phi) is 9.97. The van der Waals surface area contributed by atoms with Gasteiger partial charge in [-0.1, -0.05) is 214 Å². The highest BCUT2D eigenvalue weighted by Gasteiger charge is 2.53. The highest BCUT2D eigenvalue weighted by atomic mass is 15.2. The van der Waals surface area contributed by atoms with Crippen molar-refractivity contribution >= 4 is 28.1 Å². The van der Waals surface area contributed by atoms with Crippen molar-refractivity contribution in [2.75, 3.05) is 4.90 Å². The van der Waals surface area contributed by atoms with Crippen LogP contribution in [0.5, 0.6) is 0 Å². The molecule has 6 aromatic carbocycles. The van der Waals surface area contributed by atoms with Crippen LogP contribution >= 0.6 is 0 Å². The first-order valence-corrected chi connectivity index (χ1v) is 25.9. The van der Waals surface area contributed by atoms with E-state index in [2.05, 4.69) is 256 Å². The molecule has 0 bridgehead atoms. The fourth-order valence-electron chi connectivity index (χ4n) is 13.7. The Labute approximate surface area is 418 Å². The normalized spacial score (nSPS) is 21.0. The molecule has 0 fully saturated rings. The monoisotopic (exact) mass is 910 g/mol. The van der Waals surface area contributed by atoms with Gasteiger partial charge in [0.05, 0.1) is 11.5 Å². The summed E-state index contributed by atoms with van der Waals surface area (Å²) in [6.45, 7) is 24.2. The lowest BCUT2D eigenvalue weighted by Crippen LogP contribution is -2.38. The van der Waals surface area contributed by atoms with E-state index in [1.165, 1.54) is 100 Å². The van der Waals surface area contributed by atoms with Crippen LogP contribution in [0.4, 0.5) is 11.4 Å². The molecule has 0 aromatic heterocycles. The third kappa shape index (κ3) is 6.57. The summed E-state index contributed by atoms with van der Waals surface area (Å²) in [5.74, 6) is 0.330. The zero-order chi connectivity index (χ0) is 48.5. The lowest BCUT2D eigenvalue weighted by molar-refractivity contribution is 0.250. The Balaban J connectivity index is 1.05. The van der Waals surface area contributed by atoms with Gasteiger partial charge in [-0.25, -0.2) is 0 Å². The van der Waals surface area contributed by atoms with Crippen molar-refractivity contribution < 1.29 is 0 Å². The molecule has 6 aliphatic carbocycles. The quantitative estimate of drug-likeness (QED) is 0.151.